The number of aromatic nitrogens is 1. The third kappa shape index (κ3) is 3.87. The first-order valence-corrected chi connectivity index (χ1v) is 9.49. The fraction of sp³-hybridized carbons (Fsp3) is 0.167. The van der Waals surface area contributed by atoms with Gasteiger partial charge in [-0.3, -0.25) is 4.79 Å². The highest BCUT2D eigenvalue weighted by molar-refractivity contribution is 7.89. The van der Waals surface area contributed by atoms with Gasteiger partial charge in [-0.1, -0.05) is 18.2 Å². The minimum atomic E-state index is -3.87. The van der Waals surface area contributed by atoms with E-state index in [0.717, 1.165) is 16.5 Å². The number of aromatic amines is 1. The van der Waals surface area contributed by atoms with Gasteiger partial charge in [-0.05, 0) is 36.2 Å². The minimum Gasteiger partial charge on any atom is -0.495 e. The number of amides is 1. The standard InChI is InChI=1S/C18H19N3O4S/c1-25-17-8-7-13(26(19,23)24)10-16(17)21-18(22)9-6-12-11-20-15-5-3-2-4-14(12)15/h2-5,7-8,10-11,20H,6,9H2,1H3,(H,21,22)(H2,19,23,24). The van der Waals surface area contributed by atoms with Gasteiger partial charge in [0.1, 0.15) is 5.75 Å². The Labute approximate surface area is 151 Å². The highest BCUT2D eigenvalue weighted by Crippen LogP contribution is 2.27. The lowest BCUT2D eigenvalue weighted by atomic mass is 10.1. The molecular weight excluding hydrogens is 354 g/mol. The second-order valence-corrected chi connectivity index (χ2v) is 7.38. The van der Waals surface area contributed by atoms with Gasteiger partial charge in [0.25, 0.3) is 0 Å². The zero-order chi connectivity index (χ0) is 18.7. The summed E-state index contributed by atoms with van der Waals surface area (Å²) in [6, 6.07) is 11.9. The van der Waals surface area contributed by atoms with E-state index >= 15 is 0 Å². The van der Waals surface area contributed by atoms with E-state index in [9.17, 15) is 13.2 Å². The van der Waals surface area contributed by atoms with Gasteiger partial charge in [0, 0.05) is 23.5 Å². The molecule has 0 bridgehead atoms. The molecule has 3 aromatic rings. The minimum absolute atomic E-state index is 0.0924. The van der Waals surface area contributed by atoms with Crippen LogP contribution >= 0.6 is 0 Å². The molecule has 2 aromatic carbocycles. The van der Waals surface area contributed by atoms with E-state index in [2.05, 4.69) is 10.3 Å². The van der Waals surface area contributed by atoms with Crippen LogP contribution in [0, 0.1) is 0 Å². The quantitative estimate of drug-likeness (QED) is 0.615. The number of aryl methyl sites for hydroxylation is 1. The van der Waals surface area contributed by atoms with Crippen molar-refractivity contribution in [2.75, 3.05) is 12.4 Å². The summed E-state index contributed by atoms with van der Waals surface area (Å²) in [5.41, 5.74) is 2.33. The number of carbonyl (C=O) groups excluding carboxylic acids is 1. The lowest BCUT2D eigenvalue weighted by Gasteiger charge is -2.11. The number of hydrogen-bond acceptors (Lipinski definition) is 4. The molecule has 1 amide bonds. The monoisotopic (exact) mass is 373 g/mol. The van der Waals surface area contributed by atoms with Gasteiger partial charge < -0.3 is 15.0 Å². The van der Waals surface area contributed by atoms with Gasteiger partial charge in [0.2, 0.25) is 15.9 Å². The summed E-state index contributed by atoms with van der Waals surface area (Å²) in [5.74, 6) is 0.109. The number of fused-ring (bicyclic) bond motifs is 1. The van der Waals surface area contributed by atoms with Gasteiger partial charge in [-0.25, -0.2) is 13.6 Å². The van der Waals surface area contributed by atoms with E-state index < -0.39 is 10.0 Å². The van der Waals surface area contributed by atoms with Crippen molar-refractivity contribution in [2.24, 2.45) is 5.14 Å². The Morgan fingerprint density at radius 3 is 2.73 bits per heavy atom. The summed E-state index contributed by atoms with van der Waals surface area (Å²) in [4.78, 5) is 15.4. The van der Waals surface area contributed by atoms with E-state index in [4.69, 9.17) is 9.88 Å². The van der Waals surface area contributed by atoms with Crippen LogP contribution in [0.25, 0.3) is 10.9 Å². The number of sulfonamides is 1. The lowest BCUT2D eigenvalue weighted by molar-refractivity contribution is -0.116. The predicted molar refractivity (Wildman–Crippen MR) is 99.6 cm³/mol. The number of para-hydroxylation sites is 1. The zero-order valence-electron chi connectivity index (χ0n) is 14.2. The van der Waals surface area contributed by atoms with Crippen LogP contribution in [0.5, 0.6) is 5.75 Å². The Kier molecular flexibility index (Phi) is 4.97. The number of anilines is 1. The Morgan fingerprint density at radius 2 is 2.00 bits per heavy atom. The smallest absolute Gasteiger partial charge is 0.238 e. The van der Waals surface area contributed by atoms with E-state index in [0.29, 0.717) is 12.2 Å². The molecule has 0 fully saturated rings. The fourth-order valence-electron chi connectivity index (χ4n) is 2.76. The molecule has 7 nitrogen and oxygen atoms in total. The maximum Gasteiger partial charge on any atom is 0.238 e. The van der Waals surface area contributed by atoms with E-state index in [-0.39, 0.29) is 22.9 Å². The summed E-state index contributed by atoms with van der Waals surface area (Å²) >= 11 is 0. The molecule has 0 saturated heterocycles. The molecular formula is C18H19N3O4S. The number of primary sulfonamides is 1. The molecule has 3 rings (SSSR count). The maximum atomic E-state index is 12.3. The number of ether oxygens (including phenoxy) is 1. The third-order valence-electron chi connectivity index (χ3n) is 4.07. The van der Waals surface area contributed by atoms with Crippen molar-refractivity contribution in [3.8, 4) is 5.75 Å². The molecule has 0 aliphatic heterocycles. The van der Waals surface area contributed by atoms with Crippen LogP contribution in [0.1, 0.15) is 12.0 Å². The number of carbonyl (C=O) groups is 1. The summed E-state index contributed by atoms with van der Waals surface area (Å²) < 4.78 is 28.2. The lowest BCUT2D eigenvalue weighted by Crippen LogP contribution is -2.15. The first-order chi connectivity index (χ1) is 12.4. The number of rotatable bonds is 6. The first kappa shape index (κ1) is 18.0. The summed E-state index contributed by atoms with van der Waals surface area (Å²) in [6.07, 6.45) is 2.68. The average Bonchev–Trinajstić information content (AvgIpc) is 3.02. The van der Waals surface area contributed by atoms with Crippen molar-refractivity contribution < 1.29 is 17.9 Å². The topological polar surface area (TPSA) is 114 Å². The molecule has 1 heterocycles. The summed E-state index contributed by atoms with van der Waals surface area (Å²) in [6.45, 7) is 0. The van der Waals surface area contributed by atoms with Crippen molar-refractivity contribution in [3.63, 3.8) is 0 Å². The molecule has 1 aromatic heterocycles. The van der Waals surface area contributed by atoms with Crippen LogP contribution in [0.3, 0.4) is 0 Å². The molecule has 0 saturated carbocycles. The second kappa shape index (κ2) is 7.19. The van der Waals surface area contributed by atoms with E-state index in [1.54, 1.807) is 0 Å². The molecule has 0 unspecified atom stereocenters. The first-order valence-electron chi connectivity index (χ1n) is 7.94. The van der Waals surface area contributed by atoms with Gasteiger partial charge in [0.15, 0.2) is 0 Å². The molecule has 0 spiro atoms. The predicted octanol–water partition coefficient (Wildman–Crippen LogP) is 2.40. The number of hydrogen-bond donors (Lipinski definition) is 3. The number of H-pyrrole nitrogens is 1. The normalized spacial score (nSPS) is 11.5. The SMILES string of the molecule is COc1ccc(S(N)(=O)=O)cc1NC(=O)CCc1c[nH]c2ccccc12. The van der Waals surface area contributed by atoms with Gasteiger partial charge in [0.05, 0.1) is 17.7 Å². The van der Waals surface area contributed by atoms with E-state index in [1.807, 2.05) is 30.5 Å². The fourth-order valence-corrected chi connectivity index (χ4v) is 3.30. The van der Waals surface area contributed by atoms with Crippen molar-refractivity contribution in [3.05, 3.63) is 54.2 Å². The molecule has 0 aliphatic rings. The van der Waals surface area contributed by atoms with Crippen LogP contribution < -0.4 is 15.2 Å². The third-order valence-corrected chi connectivity index (χ3v) is 4.98. The molecule has 8 heteroatoms. The molecule has 26 heavy (non-hydrogen) atoms. The van der Waals surface area contributed by atoms with Crippen LogP contribution in [-0.4, -0.2) is 26.4 Å². The van der Waals surface area contributed by atoms with Crippen molar-refractivity contribution >= 4 is 32.5 Å². The number of nitrogens with one attached hydrogen (secondary N) is 2. The highest BCUT2D eigenvalue weighted by Gasteiger charge is 2.14. The molecule has 0 aliphatic carbocycles. The van der Waals surface area contributed by atoms with Crippen molar-refractivity contribution in [2.45, 2.75) is 17.7 Å². The van der Waals surface area contributed by atoms with Crippen molar-refractivity contribution in [1.82, 2.24) is 4.98 Å². The number of nitrogens with two attached hydrogens (primary N) is 1. The summed E-state index contributed by atoms with van der Waals surface area (Å²) in [7, 11) is -2.43. The molecule has 4 N–H and O–H groups in total. The van der Waals surface area contributed by atoms with Gasteiger partial charge in [-0.2, -0.15) is 0 Å². The van der Waals surface area contributed by atoms with Crippen LogP contribution in [-0.2, 0) is 21.2 Å². The Morgan fingerprint density at radius 1 is 1.23 bits per heavy atom. The average molecular weight is 373 g/mol. The number of methoxy groups -OCH3 is 1. The maximum absolute atomic E-state index is 12.3. The Balaban J connectivity index is 1.73. The van der Waals surface area contributed by atoms with Crippen LogP contribution in [0.15, 0.2) is 53.6 Å². The zero-order valence-corrected chi connectivity index (χ0v) is 15.0. The van der Waals surface area contributed by atoms with Crippen LogP contribution in [0.4, 0.5) is 5.69 Å². The molecule has 0 atom stereocenters. The van der Waals surface area contributed by atoms with E-state index in [1.165, 1.54) is 25.3 Å². The number of benzene rings is 2. The Hall–Kier alpha value is -2.84. The Bertz CT molecular complexity index is 1060. The summed E-state index contributed by atoms with van der Waals surface area (Å²) in [5, 5.41) is 8.91. The second-order valence-electron chi connectivity index (χ2n) is 5.81. The van der Waals surface area contributed by atoms with Crippen LogP contribution in [0.2, 0.25) is 0 Å². The molecule has 136 valence electrons. The molecule has 0 radical (unpaired) electrons. The van der Waals surface area contributed by atoms with Crippen molar-refractivity contribution in [1.29, 1.82) is 0 Å². The highest BCUT2D eigenvalue weighted by atomic mass is 32.2. The largest absolute Gasteiger partial charge is 0.495 e. The van der Waals surface area contributed by atoms with Gasteiger partial charge in [-0.15, -0.1) is 0 Å². The van der Waals surface area contributed by atoms with Gasteiger partial charge >= 0.3 is 0 Å².